The van der Waals surface area contributed by atoms with Crippen molar-refractivity contribution in [3.05, 3.63) is 35.9 Å². The van der Waals surface area contributed by atoms with Crippen molar-refractivity contribution in [1.82, 2.24) is 5.32 Å². The fourth-order valence-electron chi connectivity index (χ4n) is 3.16. The molecule has 0 aromatic heterocycles. The van der Waals surface area contributed by atoms with Crippen molar-refractivity contribution >= 4 is 17.8 Å². The molecule has 0 aliphatic heterocycles. The molecule has 6 nitrogen and oxygen atoms in total. The highest BCUT2D eigenvalue weighted by Gasteiger charge is 2.26. The molecule has 0 spiro atoms. The lowest BCUT2D eigenvalue weighted by Crippen LogP contribution is -2.38. The highest BCUT2D eigenvalue weighted by Crippen LogP contribution is 2.26. The molecule has 1 N–H and O–H groups in total. The first-order valence-electron chi connectivity index (χ1n) is 12.2. The Balaban J connectivity index is 0.000000497. The zero-order valence-corrected chi connectivity index (χ0v) is 23.0. The molecule has 0 heterocycles. The van der Waals surface area contributed by atoms with E-state index in [9.17, 15) is 14.4 Å². The van der Waals surface area contributed by atoms with Gasteiger partial charge in [0.05, 0.1) is 11.5 Å². The second kappa shape index (κ2) is 14.1. The Labute approximate surface area is 207 Å². The van der Waals surface area contributed by atoms with E-state index >= 15 is 0 Å². The molecule has 6 heteroatoms. The lowest BCUT2D eigenvalue weighted by Gasteiger charge is -2.25. The van der Waals surface area contributed by atoms with Gasteiger partial charge in [-0.2, -0.15) is 0 Å². The first-order chi connectivity index (χ1) is 15.4. The van der Waals surface area contributed by atoms with E-state index in [2.05, 4.69) is 5.32 Å². The van der Waals surface area contributed by atoms with Crippen LogP contribution in [0.4, 0.5) is 0 Å². The number of hydrogen-bond donors (Lipinski definition) is 1. The predicted molar refractivity (Wildman–Crippen MR) is 138 cm³/mol. The lowest BCUT2D eigenvalue weighted by atomic mass is 9.89. The summed E-state index contributed by atoms with van der Waals surface area (Å²) in [6.07, 6.45) is 5.69. The van der Waals surface area contributed by atoms with Gasteiger partial charge >= 0.3 is 11.9 Å². The molecule has 1 aliphatic carbocycles. The molecule has 0 bridgehead atoms. The standard InChI is InChI=1S/C11H20O2.C11H14O2.C6H13NO/c2*1-11(2,3)13-10(12)9-7-5-4-6-8-9;1-5(8)7-6(2,3)4/h9H,4-8H2,1-3H3;4-8H,1-3H3;1-4H3,(H,7,8). The number of esters is 2. The monoisotopic (exact) mass is 477 g/mol. The number of carbonyl (C=O) groups is 3. The molecule has 0 saturated heterocycles. The summed E-state index contributed by atoms with van der Waals surface area (Å²) in [7, 11) is 0. The van der Waals surface area contributed by atoms with Crippen molar-refractivity contribution < 1.29 is 23.9 Å². The molecule has 1 aromatic carbocycles. The topological polar surface area (TPSA) is 81.7 Å². The second-order valence-electron chi connectivity index (χ2n) is 11.7. The Morgan fingerprint density at radius 1 is 0.765 bits per heavy atom. The summed E-state index contributed by atoms with van der Waals surface area (Å²) in [4.78, 5) is 33.4. The molecule has 0 atom stereocenters. The quantitative estimate of drug-likeness (QED) is 0.494. The zero-order chi connectivity index (χ0) is 26.6. The van der Waals surface area contributed by atoms with Gasteiger partial charge in [-0.3, -0.25) is 9.59 Å². The number of rotatable bonds is 2. The first-order valence-corrected chi connectivity index (χ1v) is 12.2. The highest BCUT2D eigenvalue weighted by atomic mass is 16.6. The van der Waals surface area contributed by atoms with Crippen molar-refractivity contribution in [2.24, 2.45) is 5.92 Å². The molecule has 2 rings (SSSR count). The van der Waals surface area contributed by atoms with E-state index in [1.54, 1.807) is 12.1 Å². The van der Waals surface area contributed by atoms with Gasteiger partial charge in [0, 0.05) is 12.5 Å². The van der Waals surface area contributed by atoms with Crippen LogP contribution in [0.2, 0.25) is 0 Å². The molecule has 0 radical (unpaired) electrons. The molecule has 34 heavy (non-hydrogen) atoms. The van der Waals surface area contributed by atoms with E-state index < -0.39 is 5.60 Å². The van der Waals surface area contributed by atoms with E-state index in [0.29, 0.717) is 5.56 Å². The van der Waals surface area contributed by atoms with Crippen molar-refractivity contribution in [2.75, 3.05) is 0 Å². The number of amides is 1. The van der Waals surface area contributed by atoms with Gasteiger partial charge in [0.1, 0.15) is 11.2 Å². The summed E-state index contributed by atoms with van der Waals surface area (Å²) >= 11 is 0. The molecule has 1 aromatic rings. The van der Waals surface area contributed by atoms with Gasteiger partial charge in [0.15, 0.2) is 0 Å². The Kier molecular flexibility index (Phi) is 13.1. The number of hydrogen-bond acceptors (Lipinski definition) is 5. The van der Waals surface area contributed by atoms with Crippen molar-refractivity contribution in [1.29, 1.82) is 0 Å². The van der Waals surface area contributed by atoms with Crippen molar-refractivity contribution in [3.8, 4) is 0 Å². The van der Waals surface area contributed by atoms with Crippen LogP contribution in [0, 0.1) is 5.92 Å². The molecule has 1 aliphatic rings. The van der Waals surface area contributed by atoms with Crippen LogP contribution in [0.3, 0.4) is 0 Å². The molecule has 1 saturated carbocycles. The molecule has 1 amide bonds. The maximum absolute atomic E-state index is 11.6. The number of ether oxygens (including phenoxy) is 2. The Bertz CT molecular complexity index is 746. The van der Waals surface area contributed by atoms with Crippen LogP contribution < -0.4 is 5.32 Å². The van der Waals surface area contributed by atoms with Crippen LogP contribution in [-0.4, -0.2) is 34.6 Å². The zero-order valence-electron chi connectivity index (χ0n) is 23.0. The average Bonchev–Trinajstić information content (AvgIpc) is 2.66. The molecule has 1 fully saturated rings. The maximum Gasteiger partial charge on any atom is 0.338 e. The summed E-state index contributed by atoms with van der Waals surface area (Å²) in [6, 6.07) is 8.99. The van der Waals surface area contributed by atoms with E-state index in [4.69, 9.17) is 9.47 Å². The summed E-state index contributed by atoms with van der Waals surface area (Å²) in [5.74, 6) is -0.0641. The SMILES string of the molecule is CC(=O)NC(C)(C)C.CC(C)(C)OC(=O)C1CCCCC1.CC(C)(C)OC(=O)c1ccccc1. The lowest BCUT2D eigenvalue weighted by molar-refractivity contribution is -0.161. The first kappa shape index (κ1) is 31.6. The van der Waals surface area contributed by atoms with Crippen molar-refractivity contribution in [3.63, 3.8) is 0 Å². The third-order valence-corrected chi connectivity index (χ3v) is 4.30. The Morgan fingerprint density at radius 3 is 1.59 bits per heavy atom. The van der Waals surface area contributed by atoms with E-state index in [-0.39, 0.29) is 34.9 Å². The maximum atomic E-state index is 11.6. The summed E-state index contributed by atoms with van der Waals surface area (Å²) < 4.78 is 10.5. The minimum Gasteiger partial charge on any atom is -0.460 e. The fraction of sp³-hybridized carbons (Fsp3) is 0.679. The van der Waals surface area contributed by atoms with E-state index in [0.717, 1.165) is 12.8 Å². The van der Waals surface area contributed by atoms with E-state index in [1.807, 2.05) is 80.5 Å². The third-order valence-electron chi connectivity index (χ3n) is 4.30. The van der Waals surface area contributed by atoms with Gasteiger partial charge in [-0.25, -0.2) is 4.79 Å². The fourth-order valence-corrected chi connectivity index (χ4v) is 3.16. The van der Waals surface area contributed by atoms with Crippen LogP contribution in [0.5, 0.6) is 0 Å². The van der Waals surface area contributed by atoms with Crippen LogP contribution >= 0.6 is 0 Å². The molecule has 194 valence electrons. The number of nitrogens with one attached hydrogen (secondary N) is 1. The van der Waals surface area contributed by atoms with Gasteiger partial charge in [-0.15, -0.1) is 0 Å². The average molecular weight is 478 g/mol. The van der Waals surface area contributed by atoms with Gasteiger partial charge < -0.3 is 14.8 Å². The molecular weight excluding hydrogens is 430 g/mol. The molecular formula is C28H47NO5. The Hall–Kier alpha value is -2.37. The summed E-state index contributed by atoms with van der Waals surface area (Å²) in [6.45, 7) is 18.7. The minimum absolute atomic E-state index is 0.00667. The van der Waals surface area contributed by atoms with Crippen LogP contribution in [0.15, 0.2) is 30.3 Å². The highest BCUT2D eigenvalue weighted by molar-refractivity contribution is 5.89. The van der Waals surface area contributed by atoms with Crippen LogP contribution in [-0.2, 0) is 19.1 Å². The Morgan fingerprint density at radius 2 is 1.24 bits per heavy atom. The smallest absolute Gasteiger partial charge is 0.338 e. The van der Waals surface area contributed by atoms with Gasteiger partial charge in [-0.1, -0.05) is 37.5 Å². The number of benzene rings is 1. The third kappa shape index (κ3) is 18.1. The van der Waals surface area contributed by atoms with Crippen molar-refractivity contribution in [2.45, 2.75) is 118 Å². The summed E-state index contributed by atoms with van der Waals surface area (Å²) in [5, 5.41) is 2.74. The van der Waals surface area contributed by atoms with Crippen LogP contribution in [0.25, 0.3) is 0 Å². The summed E-state index contributed by atoms with van der Waals surface area (Å²) in [5.41, 5.74) is -0.231. The van der Waals surface area contributed by atoms with Gasteiger partial charge in [-0.05, 0) is 87.3 Å². The number of carbonyl (C=O) groups excluding carboxylic acids is 3. The van der Waals surface area contributed by atoms with Gasteiger partial charge in [0.25, 0.3) is 0 Å². The van der Waals surface area contributed by atoms with Gasteiger partial charge in [0.2, 0.25) is 5.91 Å². The second-order valence-corrected chi connectivity index (χ2v) is 11.7. The van der Waals surface area contributed by atoms with Crippen LogP contribution in [0.1, 0.15) is 112 Å². The molecule has 0 unspecified atom stereocenters. The predicted octanol–water partition coefficient (Wildman–Crippen LogP) is 6.47. The normalized spacial score (nSPS) is 14.4. The van der Waals surface area contributed by atoms with E-state index in [1.165, 1.54) is 26.2 Å². The minimum atomic E-state index is -0.424. The largest absolute Gasteiger partial charge is 0.460 e.